The third-order valence-corrected chi connectivity index (χ3v) is 5.58. The number of halogens is 1. The van der Waals surface area contributed by atoms with Gasteiger partial charge in [-0.2, -0.15) is 0 Å². The monoisotopic (exact) mass is 462 g/mol. The Morgan fingerprint density at radius 2 is 1.48 bits per heavy atom. The van der Waals surface area contributed by atoms with E-state index in [9.17, 15) is 9.59 Å². The topological polar surface area (TPSA) is 67.9 Å². The number of ether oxygens (including phenoxy) is 2. The SMILES string of the molecule is COc1ccc(Cl)cc1NC1=C(c2ccccc2OC)C(=O)N(c2cc(C)cc(C)c2)C1=O. The zero-order chi connectivity index (χ0) is 23.7. The summed E-state index contributed by atoms with van der Waals surface area (Å²) in [5.41, 5.74) is 3.70. The lowest BCUT2D eigenvalue weighted by atomic mass is 10.0. The van der Waals surface area contributed by atoms with Crippen molar-refractivity contribution in [2.24, 2.45) is 0 Å². The van der Waals surface area contributed by atoms with Gasteiger partial charge in [0.25, 0.3) is 11.8 Å². The molecule has 0 aliphatic carbocycles. The minimum Gasteiger partial charge on any atom is -0.496 e. The lowest BCUT2D eigenvalue weighted by Crippen LogP contribution is -2.32. The molecule has 4 rings (SSSR count). The molecule has 33 heavy (non-hydrogen) atoms. The molecule has 1 N–H and O–H groups in total. The van der Waals surface area contributed by atoms with Crippen LogP contribution in [0.2, 0.25) is 5.02 Å². The van der Waals surface area contributed by atoms with E-state index in [1.165, 1.54) is 19.1 Å². The molecule has 0 aromatic heterocycles. The van der Waals surface area contributed by atoms with Crippen LogP contribution in [0.1, 0.15) is 16.7 Å². The van der Waals surface area contributed by atoms with Crippen molar-refractivity contribution in [3.8, 4) is 11.5 Å². The molecule has 0 radical (unpaired) electrons. The number of rotatable bonds is 6. The molecule has 0 bridgehead atoms. The normalized spacial score (nSPS) is 13.5. The highest BCUT2D eigenvalue weighted by molar-refractivity contribution is 6.46. The predicted molar refractivity (Wildman–Crippen MR) is 130 cm³/mol. The fourth-order valence-electron chi connectivity index (χ4n) is 3.97. The number of hydrogen-bond donors (Lipinski definition) is 1. The van der Waals surface area contributed by atoms with Crippen LogP contribution >= 0.6 is 11.6 Å². The molecule has 0 saturated heterocycles. The number of imide groups is 1. The third-order valence-electron chi connectivity index (χ3n) is 5.35. The molecule has 1 heterocycles. The summed E-state index contributed by atoms with van der Waals surface area (Å²) in [5, 5.41) is 3.57. The fourth-order valence-corrected chi connectivity index (χ4v) is 4.15. The number of aryl methyl sites for hydroxylation is 2. The summed E-state index contributed by atoms with van der Waals surface area (Å²) in [6, 6.07) is 17.7. The van der Waals surface area contributed by atoms with Gasteiger partial charge in [-0.1, -0.05) is 35.9 Å². The van der Waals surface area contributed by atoms with Gasteiger partial charge in [0.15, 0.2) is 0 Å². The van der Waals surface area contributed by atoms with Crippen molar-refractivity contribution in [1.82, 2.24) is 0 Å². The molecule has 168 valence electrons. The molecule has 0 fully saturated rings. The van der Waals surface area contributed by atoms with Crippen LogP contribution in [-0.2, 0) is 9.59 Å². The standard InChI is InChI=1S/C26H23ClN2O4/c1-15-11-16(2)13-18(12-15)29-25(30)23(19-7-5-6-8-21(19)32-3)24(26(29)31)28-20-14-17(27)9-10-22(20)33-4/h5-14,28H,1-4H3. The molecule has 1 aliphatic rings. The summed E-state index contributed by atoms with van der Waals surface area (Å²) in [7, 11) is 3.04. The van der Waals surface area contributed by atoms with E-state index >= 15 is 0 Å². The summed E-state index contributed by atoms with van der Waals surface area (Å²) >= 11 is 6.19. The smallest absolute Gasteiger partial charge is 0.282 e. The van der Waals surface area contributed by atoms with Crippen LogP contribution in [0.5, 0.6) is 11.5 Å². The Bertz CT molecular complexity index is 1280. The highest BCUT2D eigenvalue weighted by atomic mass is 35.5. The molecule has 0 atom stereocenters. The maximum Gasteiger partial charge on any atom is 0.282 e. The van der Waals surface area contributed by atoms with E-state index in [2.05, 4.69) is 5.32 Å². The zero-order valence-corrected chi connectivity index (χ0v) is 19.5. The van der Waals surface area contributed by atoms with Crippen LogP contribution in [0.4, 0.5) is 11.4 Å². The summed E-state index contributed by atoms with van der Waals surface area (Å²) in [4.78, 5) is 28.6. The average molecular weight is 463 g/mol. The van der Waals surface area contributed by atoms with Crippen molar-refractivity contribution in [2.75, 3.05) is 24.4 Å². The molecule has 2 amide bonds. The second-order valence-corrected chi connectivity index (χ2v) is 8.15. The molecule has 0 saturated carbocycles. The number of carbonyl (C=O) groups is 2. The van der Waals surface area contributed by atoms with Crippen molar-refractivity contribution in [2.45, 2.75) is 13.8 Å². The number of carbonyl (C=O) groups excluding carboxylic acids is 2. The number of hydrogen-bond acceptors (Lipinski definition) is 5. The first-order chi connectivity index (χ1) is 15.8. The van der Waals surface area contributed by atoms with E-state index in [0.29, 0.717) is 33.5 Å². The van der Waals surface area contributed by atoms with Crippen molar-refractivity contribution in [3.05, 3.63) is 88.1 Å². The van der Waals surface area contributed by atoms with Crippen molar-refractivity contribution < 1.29 is 19.1 Å². The van der Waals surface area contributed by atoms with E-state index in [1.807, 2.05) is 32.0 Å². The van der Waals surface area contributed by atoms with Gasteiger partial charge < -0.3 is 14.8 Å². The second-order valence-electron chi connectivity index (χ2n) is 7.71. The highest BCUT2D eigenvalue weighted by Gasteiger charge is 2.41. The largest absolute Gasteiger partial charge is 0.496 e. The first kappa shape index (κ1) is 22.4. The summed E-state index contributed by atoms with van der Waals surface area (Å²) in [6.07, 6.45) is 0. The molecule has 7 heteroatoms. The molecule has 6 nitrogen and oxygen atoms in total. The molecule has 3 aromatic rings. The van der Waals surface area contributed by atoms with Crippen molar-refractivity contribution in [3.63, 3.8) is 0 Å². The maximum atomic E-state index is 13.7. The lowest BCUT2D eigenvalue weighted by molar-refractivity contribution is -0.120. The van der Waals surface area contributed by atoms with Crippen LogP contribution in [0.3, 0.4) is 0 Å². The first-order valence-electron chi connectivity index (χ1n) is 10.3. The number of nitrogens with zero attached hydrogens (tertiary/aromatic N) is 1. The van der Waals surface area contributed by atoms with Crippen LogP contribution in [0.25, 0.3) is 5.57 Å². The summed E-state index contributed by atoms with van der Waals surface area (Å²) in [6.45, 7) is 3.85. The van der Waals surface area contributed by atoms with Gasteiger partial charge in [0.1, 0.15) is 17.2 Å². The highest BCUT2D eigenvalue weighted by Crippen LogP contribution is 2.39. The molecular formula is C26H23ClN2O4. The average Bonchev–Trinajstić information content (AvgIpc) is 3.02. The van der Waals surface area contributed by atoms with Gasteiger partial charge in [-0.25, -0.2) is 4.90 Å². The van der Waals surface area contributed by atoms with Gasteiger partial charge >= 0.3 is 0 Å². The quantitative estimate of drug-likeness (QED) is 0.499. The fraction of sp³-hybridized carbons (Fsp3) is 0.154. The predicted octanol–water partition coefficient (Wildman–Crippen LogP) is 5.37. The Labute approximate surface area is 197 Å². The number of para-hydroxylation sites is 1. The van der Waals surface area contributed by atoms with Crippen LogP contribution in [-0.4, -0.2) is 26.0 Å². The van der Waals surface area contributed by atoms with E-state index < -0.39 is 11.8 Å². The lowest BCUT2D eigenvalue weighted by Gasteiger charge is -2.17. The van der Waals surface area contributed by atoms with E-state index in [0.717, 1.165) is 11.1 Å². The number of methoxy groups -OCH3 is 2. The number of anilines is 2. The van der Waals surface area contributed by atoms with Gasteiger partial charge in [0.2, 0.25) is 0 Å². The summed E-state index contributed by atoms with van der Waals surface area (Å²) in [5.74, 6) is 0.0376. The van der Waals surface area contributed by atoms with Gasteiger partial charge in [0, 0.05) is 10.6 Å². The maximum absolute atomic E-state index is 13.7. The molecular weight excluding hydrogens is 440 g/mol. The number of amides is 2. The Morgan fingerprint density at radius 3 is 2.15 bits per heavy atom. The third kappa shape index (κ3) is 4.17. The Kier molecular flexibility index (Phi) is 6.11. The zero-order valence-electron chi connectivity index (χ0n) is 18.7. The van der Waals surface area contributed by atoms with Crippen LogP contribution in [0, 0.1) is 13.8 Å². The van der Waals surface area contributed by atoms with E-state index in [1.54, 1.807) is 42.5 Å². The van der Waals surface area contributed by atoms with Crippen LogP contribution in [0.15, 0.2) is 66.4 Å². The molecule has 3 aromatic carbocycles. The van der Waals surface area contributed by atoms with Gasteiger partial charge in [-0.05, 0) is 61.4 Å². The minimum absolute atomic E-state index is 0.115. The minimum atomic E-state index is -0.479. The van der Waals surface area contributed by atoms with E-state index in [4.69, 9.17) is 21.1 Å². The Balaban J connectivity index is 1.91. The van der Waals surface area contributed by atoms with Gasteiger partial charge in [-0.15, -0.1) is 0 Å². The Hall–Kier alpha value is -3.77. The van der Waals surface area contributed by atoms with Crippen molar-refractivity contribution in [1.29, 1.82) is 0 Å². The number of benzene rings is 3. The van der Waals surface area contributed by atoms with Crippen LogP contribution < -0.4 is 19.7 Å². The molecule has 1 aliphatic heterocycles. The first-order valence-corrected chi connectivity index (χ1v) is 10.7. The molecule has 0 spiro atoms. The Morgan fingerprint density at radius 1 is 0.818 bits per heavy atom. The summed E-state index contributed by atoms with van der Waals surface area (Å²) < 4.78 is 10.9. The number of nitrogens with one attached hydrogen (secondary N) is 1. The second kappa shape index (κ2) is 9.00. The van der Waals surface area contributed by atoms with Gasteiger partial charge in [-0.3, -0.25) is 9.59 Å². The van der Waals surface area contributed by atoms with Gasteiger partial charge in [0.05, 0.1) is 31.2 Å². The van der Waals surface area contributed by atoms with Crippen molar-refractivity contribution >= 4 is 40.4 Å². The van der Waals surface area contributed by atoms with E-state index in [-0.39, 0.29) is 11.3 Å². The molecule has 0 unspecified atom stereocenters.